The van der Waals surface area contributed by atoms with Crippen molar-refractivity contribution in [2.24, 2.45) is 7.05 Å². The number of aromatic carboxylic acids is 1. The minimum absolute atomic E-state index is 0.0715. The molecular weight excluding hydrogens is 306 g/mol. The zero-order chi connectivity index (χ0) is 17.9. The van der Waals surface area contributed by atoms with E-state index in [-0.39, 0.29) is 17.3 Å². The van der Waals surface area contributed by atoms with E-state index in [1.807, 2.05) is 19.1 Å². The van der Waals surface area contributed by atoms with Crippen molar-refractivity contribution >= 4 is 11.9 Å². The van der Waals surface area contributed by atoms with Crippen molar-refractivity contribution in [3.8, 4) is 0 Å². The summed E-state index contributed by atoms with van der Waals surface area (Å²) in [6.07, 6.45) is 2.13. The Morgan fingerprint density at radius 1 is 1.21 bits per heavy atom. The molecule has 1 heterocycles. The Labute approximate surface area is 141 Å². The molecule has 0 bridgehead atoms. The molecule has 0 radical (unpaired) electrons. The molecule has 0 saturated heterocycles. The van der Waals surface area contributed by atoms with Gasteiger partial charge in [0.05, 0.1) is 11.6 Å². The number of rotatable bonds is 6. The van der Waals surface area contributed by atoms with Gasteiger partial charge in [0.15, 0.2) is 5.69 Å². The van der Waals surface area contributed by atoms with Gasteiger partial charge in [-0.1, -0.05) is 45.0 Å². The quantitative estimate of drug-likeness (QED) is 0.853. The minimum Gasteiger partial charge on any atom is -0.476 e. The van der Waals surface area contributed by atoms with Crippen molar-refractivity contribution in [2.45, 2.75) is 39.2 Å². The standard InChI is InChI=1S/C18H23N3O3/c1-5-15(13-8-6-12(7-9-13)11(2)3)19-17(22)14-10-21(4)20-16(14)18(23)24/h6-11,15H,5H2,1-4H3,(H,19,22)(H,23,24). The Balaban J connectivity index is 2.21. The SMILES string of the molecule is CCC(NC(=O)c1cn(C)nc1C(=O)O)c1ccc(C(C)C)cc1. The van der Waals surface area contributed by atoms with Crippen molar-refractivity contribution in [3.05, 3.63) is 52.8 Å². The van der Waals surface area contributed by atoms with Crippen LogP contribution in [0.2, 0.25) is 0 Å². The molecule has 2 aromatic rings. The number of carboxylic acids is 1. The molecule has 128 valence electrons. The highest BCUT2D eigenvalue weighted by Gasteiger charge is 2.23. The number of aromatic nitrogens is 2. The second kappa shape index (κ2) is 7.29. The Bertz CT molecular complexity index is 732. The molecule has 0 aliphatic heterocycles. The summed E-state index contributed by atoms with van der Waals surface area (Å²) in [5, 5.41) is 15.9. The van der Waals surface area contributed by atoms with Gasteiger partial charge in [-0.2, -0.15) is 5.10 Å². The third-order valence-corrected chi connectivity index (χ3v) is 4.00. The normalized spacial score (nSPS) is 12.2. The summed E-state index contributed by atoms with van der Waals surface area (Å²) < 4.78 is 1.33. The fourth-order valence-corrected chi connectivity index (χ4v) is 2.58. The molecule has 0 saturated carbocycles. The lowest BCUT2D eigenvalue weighted by Crippen LogP contribution is -2.29. The van der Waals surface area contributed by atoms with E-state index >= 15 is 0 Å². The molecule has 2 rings (SSSR count). The van der Waals surface area contributed by atoms with Crippen LogP contribution in [0.3, 0.4) is 0 Å². The van der Waals surface area contributed by atoms with Gasteiger partial charge in [0, 0.05) is 13.2 Å². The Morgan fingerprint density at radius 3 is 2.29 bits per heavy atom. The molecular formula is C18H23N3O3. The summed E-state index contributed by atoms with van der Waals surface area (Å²) in [7, 11) is 1.59. The predicted octanol–water partition coefficient (Wildman–Crippen LogP) is 3.12. The second-order valence-corrected chi connectivity index (χ2v) is 6.13. The molecule has 6 nitrogen and oxygen atoms in total. The van der Waals surface area contributed by atoms with Crippen molar-refractivity contribution in [1.29, 1.82) is 0 Å². The fourth-order valence-electron chi connectivity index (χ4n) is 2.58. The van der Waals surface area contributed by atoms with E-state index in [1.54, 1.807) is 7.05 Å². The van der Waals surface area contributed by atoms with Gasteiger partial charge in [-0.15, -0.1) is 0 Å². The first-order chi connectivity index (χ1) is 11.3. The topological polar surface area (TPSA) is 84.2 Å². The molecule has 0 spiro atoms. The van der Waals surface area contributed by atoms with E-state index in [1.165, 1.54) is 16.4 Å². The van der Waals surface area contributed by atoms with Crippen molar-refractivity contribution < 1.29 is 14.7 Å². The van der Waals surface area contributed by atoms with Gasteiger partial charge >= 0.3 is 5.97 Å². The molecule has 1 amide bonds. The van der Waals surface area contributed by atoms with Gasteiger partial charge in [-0.05, 0) is 23.5 Å². The molecule has 24 heavy (non-hydrogen) atoms. The highest BCUT2D eigenvalue weighted by Crippen LogP contribution is 2.21. The molecule has 2 N–H and O–H groups in total. The number of carboxylic acid groups (broad SMARTS) is 1. The number of carbonyl (C=O) groups excluding carboxylic acids is 1. The van der Waals surface area contributed by atoms with Crippen LogP contribution in [0.1, 0.15) is 71.1 Å². The summed E-state index contributed by atoms with van der Waals surface area (Å²) in [5.41, 5.74) is 2.07. The average Bonchev–Trinajstić information content (AvgIpc) is 2.95. The van der Waals surface area contributed by atoms with E-state index in [0.29, 0.717) is 12.3 Å². The first-order valence-corrected chi connectivity index (χ1v) is 8.01. The summed E-state index contributed by atoms with van der Waals surface area (Å²) in [6.45, 7) is 6.23. The lowest BCUT2D eigenvalue weighted by molar-refractivity contribution is 0.0683. The molecule has 0 aliphatic carbocycles. The van der Waals surface area contributed by atoms with E-state index in [2.05, 4.69) is 36.4 Å². The second-order valence-electron chi connectivity index (χ2n) is 6.13. The van der Waals surface area contributed by atoms with E-state index in [4.69, 9.17) is 5.11 Å². The van der Waals surface area contributed by atoms with Crippen LogP contribution in [0.5, 0.6) is 0 Å². The van der Waals surface area contributed by atoms with Crippen LogP contribution in [-0.4, -0.2) is 26.8 Å². The largest absolute Gasteiger partial charge is 0.476 e. The summed E-state index contributed by atoms with van der Waals surface area (Å²) in [4.78, 5) is 23.7. The van der Waals surface area contributed by atoms with Gasteiger partial charge < -0.3 is 10.4 Å². The fraction of sp³-hybridized carbons (Fsp3) is 0.389. The molecule has 1 aromatic carbocycles. The molecule has 0 fully saturated rings. The van der Waals surface area contributed by atoms with E-state index in [9.17, 15) is 9.59 Å². The van der Waals surface area contributed by atoms with Crippen LogP contribution >= 0.6 is 0 Å². The number of carbonyl (C=O) groups is 2. The maximum absolute atomic E-state index is 12.5. The van der Waals surface area contributed by atoms with Crippen LogP contribution in [-0.2, 0) is 7.05 Å². The van der Waals surface area contributed by atoms with Crippen LogP contribution in [0.25, 0.3) is 0 Å². The molecule has 1 atom stereocenters. The van der Waals surface area contributed by atoms with Crippen LogP contribution < -0.4 is 5.32 Å². The number of aryl methyl sites for hydroxylation is 1. The van der Waals surface area contributed by atoms with Crippen LogP contribution in [0.4, 0.5) is 0 Å². The van der Waals surface area contributed by atoms with Gasteiger partial charge in [0.2, 0.25) is 0 Å². The van der Waals surface area contributed by atoms with Gasteiger partial charge in [-0.25, -0.2) is 4.79 Å². The zero-order valence-corrected chi connectivity index (χ0v) is 14.4. The van der Waals surface area contributed by atoms with Crippen molar-refractivity contribution in [3.63, 3.8) is 0 Å². The lowest BCUT2D eigenvalue weighted by Gasteiger charge is -2.18. The van der Waals surface area contributed by atoms with Gasteiger partial charge in [-0.3, -0.25) is 9.48 Å². The number of hydrogen-bond donors (Lipinski definition) is 2. The maximum Gasteiger partial charge on any atom is 0.357 e. The van der Waals surface area contributed by atoms with Crippen molar-refractivity contribution in [1.82, 2.24) is 15.1 Å². The van der Waals surface area contributed by atoms with Gasteiger partial charge in [0.25, 0.3) is 5.91 Å². The Hall–Kier alpha value is -2.63. The maximum atomic E-state index is 12.5. The highest BCUT2D eigenvalue weighted by molar-refractivity contribution is 6.03. The lowest BCUT2D eigenvalue weighted by atomic mass is 9.98. The molecule has 0 aliphatic rings. The number of nitrogens with one attached hydrogen (secondary N) is 1. The van der Waals surface area contributed by atoms with Gasteiger partial charge in [0.1, 0.15) is 0 Å². The summed E-state index contributed by atoms with van der Waals surface area (Å²) in [6, 6.07) is 7.94. The summed E-state index contributed by atoms with van der Waals surface area (Å²) >= 11 is 0. The first-order valence-electron chi connectivity index (χ1n) is 8.01. The Kier molecular flexibility index (Phi) is 5.39. The molecule has 6 heteroatoms. The number of benzene rings is 1. The monoisotopic (exact) mass is 329 g/mol. The average molecular weight is 329 g/mol. The third kappa shape index (κ3) is 3.82. The number of nitrogens with zero attached hydrogens (tertiary/aromatic N) is 2. The van der Waals surface area contributed by atoms with Crippen LogP contribution in [0.15, 0.2) is 30.5 Å². The predicted molar refractivity (Wildman–Crippen MR) is 91.2 cm³/mol. The number of amides is 1. The Morgan fingerprint density at radius 2 is 1.79 bits per heavy atom. The summed E-state index contributed by atoms with van der Waals surface area (Å²) in [5.74, 6) is -1.20. The molecule has 1 unspecified atom stereocenters. The van der Waals surface area contributed by atoms with E-state index < -0.39 is 11.9 Å². The van der Waals surface area contributed by atoms with Crippen molar-refractivity contribution in [2.75, 3.05) is 0 Å². The van der Waals surface area contributed by atoms with E-state index in [0.717, 1.165) is 5.56 Å². The highest BCUT2D eigenvalue weighted by atomic mass is 16.4. The minimum atomic E-state index is -1.21. The first kappa shape index (κ1) is 17.7. The third-order valence-electron chi connectivity index (χ3n) is 4.00. The smallest absolute Gasteiger partial charge is 0.357 e. The number of hydrogen-bond acceptors (Lipinski definition) is 3. The zero-order valence-electron chi connectivity index (χ0n) is 14.4. The molecule has 1 aromatic heterocycles. The van der Waals surface area contributed by atoms with Crippen LogP contribution in [0, 0.1) is 0 Å².